The molecule has 40 heavy (non-hydrogen) atoms. The van der Waals surface area contributed by atoms with E-state index in [0.717, 1.165) is 15.4 Å². The van der Waals surface area contributed by atoms with E-state index in [9.17, 15) is 18.0 Å². The van der Waals surface area contributed by atoms with Gasteiger partial charge in [0.25, 0.3) is 10.0 Å². The maximum absolute atomic E-state index is 14.0. The van der Waals surface area contributed by atoms with Gasteiger partial charge in [-0.3, -0.25) is 13.9 Å². The maximum atomic E-state index is 14.0. The highest BCUT2D eigenvalue weighted by Crippen LogP contribution is 2.27. The highest BCUT2D eigenvalue weighted by atomic mass is 32.2. The van der Waals surface area contributed by atoms with E-state index >= 15 is 0 Å². The summed E-state index contributed by atoms with van der Waals surface area (Å²) < 4.78 is 34.1. The monoisotopic (exact) mass is 565 g/mol. The van der Waals surface area contributed by atoms with Crippen molar-refractivity contribution in [1.29, 1.82) is 0 Å². The van der Waals surface area contributed by atoms with Gasteiger partial charge in [-0.15, -0.1) is 0 Å². The van der Waals surface area contributed by atoms with Gasteiger partial charge in [-0.1, -0.05) is 63.2 Å². The predicted molar refractivity (Wildman–Crippen MR) is 158 cm³/mol. The molecule has 1 atom stereocenters. The van der Waals surface area contributed by atoms with E-state index < -0.39 is 28.5 Å². The van der Waals surface area contributed by atoms with E-state index in [0.29, 0.717) is 24.4 Å². The lowest BCUT2D eigenvalue weighted by atomic mass is 10.0. The molecule has 0 saturated heterocycles. The van der Waals surface area contributed by atoms with Crippen LogP contribution in [-0.4, -0.2) is 51.4 Å². The Morgan fingerprint density at radius 3 is 2.05 bits per heavy atom. The molecule has 3 rings (SSSR count). The molecular weight excluding hydrogens is 526 g/mol. The van der Waals surface area contributed by atoms with Gasteiger partial charge in [0, 0.05) is 13.1 Å². The summed E-state index contributed by atoms with van der Waals surface area (Å²) in [7, 11) is -2.52. The van der Waals surface area contributed by atoms with Gasteiger partial charge in [0.2, 0.25) is 11.8 Å². The normalized spacial score (nSPS) is 12.1. The molecule has 0 aromatic heterocycles. The molecule has 2 amide bonds. The Bertz CT molecular complexity index is 1360. The number of carbonyl (C=O) groups is 2. The van der Waals surface area contributed by atoms with Crippen LogP contribution in [0.1, 0.15) is 51.2 Å². The summed E-state index contributed by atoms with van der Waals surface area (Å²) in [4.78, 5) is 28.6. The number of nitrogens with zero attached hydrogens (tertiary/aromatic N) is 2. The smallest absolute Gasteiger partial charge is 0.264 e. The number of likely N-dealkylation sites (N-methyl/N-ethyl adjacent to an activating group) is 1. The quantitative estimate of drug-likeness (QED) is 0.316. The number of rotatable bonds is 13. The zero-order valence-corrected chi connectivity index (χ0v) is 24.6. The lowest BCUT2D eigenvalue weighted by Gasteiger charge is -2.33. The second-order valence-electron chi connectivity index (χ2n) is 9.76. The minimum absolute atomic E-state index is 0.0770. The van der Waals surface area contributed by atoms with Crippen LogP contribution in [0.25, 0.3) is 0 Å². The molecule has 0 unspecified atom stereocenters. The highest BCUT2D eigenvalue weighted by molar-refractivity contribution is 7.92. The number of ether oxygens (including phenoxy) is 1. The Kier molecular flexibility index (Phi) is 10.7. The molecule has 214 valence electrons. The Morgan fingerprint density at radius 1 is 0.900 bits per heavy atom. The number of nitrogens with one attached hydrogen (secondary N) is 1. The van der Waals surface area contributed by atoms with E-state index in [-0.39, 0.29) is 23.3 Å². The molecule has 3 aromatic rings. The lowest BCUT2D eigenvalue weighted by Crippen LogP contribution is -2.52. The van der Waals surface area contributed by atoms with Crippen LogP contribution in [-0.2, 0) is 26.2 Å². The molecule has 0 aliphatic carbocycles. The van der Waals surface area contributed by atoms with Crippen molar-refractivity contribution in [2.75, 3.05) is 24.5 Å². The summed E-state index contributed by atoms with van der Waals surface area (Å²) in [6.45, 7) is 7.83. The number of methoxy groups -OCH3 is 1. The van der Waals surface area contributed by atoms with Crippen LogP contribution in [0, 0.1) is 0 Å². The zero-order chi connectivity index (χ0) is 29.3. The fourth-order valence-corrected chi connectivity index (χ4v) is 5.85. The molecule has 0 spiro atoms. The minimum Gasteiger partial charge on any atom is -0.497 e. The van der Waals surface area contributed by atoms with Gasteiger partial charge in [-0.25, -0.2) is 8.42 Å². The molecule has 0 bridgehead atoms. The van der Waals surface area contributed by atoms with Crippen LogP contribution in [0.3, 0.4) is 0 Å². The molecule has 0 radical (unpaired) electrons. The van der Waals surface area contributed by atoms with Gasteiger partial charge in [-0.2, -0.15) is 0 Å². The number of hydrogen-bond donors (Lipinski definition) is 1. The van der Waals surface area contributed by atoms with Crippen molar-refractivity contribution in [3.8, 4) is 5.75 Å². The van der Waals surface area contributed by atoms with E-state index in [4.69, 9.17) is 4.74 Å². The van der Waals surface area contributed by atoms with Crippen LogP contribution >= 0.6 is 0 Å². The average molecular weight is 566 g/mol. The first-order chi connectivity index (χ1) is 19.1. The maximum Gasteiger partial charge on any atom is 0.264 e. The molecule has 1 N–H and O–H groups in total. The SMILES string of the molecule is CCNC(=O)[C@@H](CC)N(Cc1ccc(OC)cc1)C(=O)CN(c1ccc(C(C)C)cc1)S(=O)(=O)c1ccccc1. The van der Waals surface area contributed by atoms with E-state index in [2.05, 4.69) is 19.2 Å². The number of carbonyl (C=O) groups excluding carboxylic acids is 2. The number of amides is 2. The second-order valence-corrected chi connectivity index (χ2v) is 11.6. The minimum atomic E-state index is -4.09. The number of benzene rings is 3. The van der Waals surface area contributed by atoms with Crippen molar-refractivity contribution in [2.45, 2.75) is 57.5 Å². The van der Waals surface area contributed by atoms with E-state index in [1.165, 1.54) is 17.0 Å². The van der Waals surface area contributed by atoms with Gasteiger partial charge in [0.05, 0.1) is 17.7 Å². The zero-order valence-electron chi connectivity index (χ0n) is 23.8. The van der Waals surface area contributed by atoms with Gasteiger partial charge >= 0.3 is 0 Å². The predicted octanol–water partition coefficient (Wildman–Crippen LogP) is 4.96. The third kappa shape index (κ3) is 7.41. The highest BCUT2D eigenvalue weighted by Gasteiger charge is 2.33. The molecule has 0 aliphatic heterocycles. The van der Waals surface area contributed by atoms with Crippen LogP contribution < -0.4 is 14.4 Å². The number of hydrogen-bond acceptors (Lipinski definition) is 5. The van der Waals surface area contributed by atoms with E-state index in [1.807, 2.05) is 38.1 Å². The third-order valence-corrected chi connectivity index (χ3v) is 8.49. The van der Waals surface area contributed by atoms with Crippen LogP contribution in [0.15, 0.2) is 83.8 Å². The second kappa shape index (κ2) is 14.0. The van der Waals surface area contributed by atoms with Crippen molar-refractivity contribution < 1.29 is 22.7 Å². The molecule has 0 fully saturated rings. The largest absolute Gasteiger partial charge is 0.497 e. The molecule has 0 saturated carbocycles. The summed E-state index contributed by atoms with van der Waals surface area (Å²) >= 11 is 0. The Hall–Kier alpha value is -3.85. The van der Waals surface area contributed by atoms with Gasteiger partial charge in [0.1, 0.15) is 18.3 Å². The standard InChI is InChI=1S/C31H39N3O5S/c1-6-29(31(36)32-7-2)33(21-24-13-19-27(39-5)20-14-24)30(35)22-34(26-17-15-25(16-18-26)23(3)4)40(37,38)28-11-9-8-10-12-28/h8-20,23,29H,6-7,21-22H2,1-5H3,(H,32,36)/t29-/m1/s1. The Balaban J connectivity index is 2.05. The first-order valence-corrected chi connectivity index (χ1v) is 14.9. The summed E-state index contributed by atoms with van der Waals surface area (Å²) in [5, 5.41) is 2.81. The van der Waals surface area contributed by atoms with Gasteiger partial charge in [0.15, 0.2) is 0 Å². The molecule has 0 heterocycles. The Labute approximate surface area is 238 Å². The first kappa shape index (κ1) is 30.7. The molecule has 8 nitrogen and oxygen atoms in total. The van der Waals surface area contributed by atoms with Crippen LogP contribution in [0.4, 0.5) is 5.69 Å². The molecule has 9 heteroatoms. The van der Waals surface area contributed by atoms with Crippen molar-refractivity contribution in [2.24, 2.45) is 0 Å². The number of anilines is 1. The first-order valence-electron chi connectivity index (χ1n) is 13.5. The topological polar surface area (TPSA) is 96.0 Å². The van der Waals surface area contributed by atoms with Crippen molar-refractivity contribution in [3.05, 3.63) is 90.0 Å². The molecule has 3 aromatic carbocycles. The van der Waals surface area contributed by atoms with Crippen molar-refractivity contribution in [1.82, 2.24) is 10.2 Å². The van der Waals surface area contributed by atoms with Crippen LogP contribution in [0.5, 0.6) is 5.75 Å². The average Bonchev–Trinajstić information content (AvgIpc) is 2.96. The van der Waals surface area contributed by atoms with Gasteiger partial charge in [-0.05, 0) is 66.8 Å². The summed E-state index contributed by atoms with van der Waals surface area (Å²) in [6.07, 6.45) is 0.363. The lowest BCUT2D eigenvalue weighted by molar-refractivity contribution is -0.140. The summed E-state index contributed by atoms with van der Waals surface area (Å²) in [6, 6.07) is 21.7. The van der Waals surface area contributed by atoms with Crippen molar-refractivity contribution >= 4 is 27.5 Å². The van der Waals surface area contributed by atoms with Gasteiger partial charge < -0.3 is 15.0 Å². The number of sulfonamides is 1. The molecule has 0 aliphatic rings. The summed E-state index contributed by atoms with van der Waals surface area (Å²) in [5.41, 5.74) is 2.21. The third-order valence-electron chi connectivity index (χ3n) is 6.71. The van der Waals surface area contributed by atoms with Crippen molar-refractivity contribution in [3.63, 3.8) is 0 Å². The van der Waals surface area contributed by atoms with Crippen LogP contribution in [0.2, 0.25) is 0 Å². The Morgan fingerprint density at radius 2 is 1.52 bits per heavy atom. The molecular formula is C31H39N3O5S. The summed E-state index contributed by atoms with van der Waals surface area (Å²) in [5.74, 6) is 0.159. The fourth-order valence-electron chi connectivity index (χ4n) is 4.41. The fraction of sp³-hybridized carbons (Fsp3) is 0.355. The van der Waals surface area contributed by atoms with E-state index in [1.54, 1.807) is 49.6 Å².